The number of ketones is 1. The van der Waals surface area contributed by atoms with Crippen molar-refractivity contribution in [3.8, 4) is 6.07 Å². The number of Topliss-reactive ketones (excluding diaryl/α,β-unsaturated/α-hetero) is 1. The fourth-order valence-corrected chi connectivity index (χ4v) is 3.69. The molecule has 1 aromatic heterocycles. The van der Waals surface area contributed by atoms with Crippen molar-refractivity contribution in [2.24, 2.45) is 22.1 Å². The molecule has 2 unspecified atom stereocenters. The Hall–Kier alpha value is -2.30. The molecule has 1 aliphatic heterocycles. The summed E-state index contributed by atoms with van der Waals surface area (Å²) in [5.41, 5.74) is 7.69. The highest BCUT2D eigenvalue weighted by Crippen LogP contribution is 2.46. The maximum absolute atomic E-state index is 12.9. The van der Waals surface area contributed by atoms with Crippen molar-refractivity contribution in [2.75, 3.05) is 19.8 Å². The third kappa shape index (κ3) is 3.41. The van der Waals surface area contributed by atoms with Crippen LogP contribution in [-0.2, 0) is 9.53 Å². The summed E-state index contributed by atoms with van der Waals surface area (Å²) in [5.74, 6) is -0.819. The van der Waals surface area contributed by atoms with Gasteiger partial charge < -0.3 is 14.9 Å². The lowest BCUT2D eigenvalue weighted by Crippen LogP contribution is -2.43. The lowest BCUT2D eigenvalue weighted by molar-refractivity contribution is -0.124. The Balaban J connectivity index is 2.06. The summed E-state index contributed by atoms with van der Waals surface area (Å²) in [6.07, 6.45) is 3.98. The van der Waals surface area contributed by atoms with E-state index in [9.17, 15) is 10.1 Å². The number of rotatable bonds is 5. The summed E-state index contributed by atoms with van der Waals surface area (Å²) >= 11 is 0. The summed E-state index contributed by atoms with van der Waals surface area (Å²) in [6, 6.07) is 2.22. The van der Waals surface area contributed by atoms with Gasteiger partial charge >= 0.3 is 0 Å². The molecule has 7 heteroatoms. The number of aromatic nitrogens is 1. The minimum Gasteiger partial charge on any atom is -0.451 e. The largest absolute Gasteiger partial charge is 0.451 e. The molecule has 3 rings (SSSR count). The Kier molecular flexibility index (Phi) is 4.84. The van der Waals surface area contributed by atoms with E-state index in [1.807, 2.05) is 0 Å². The summed E-state index contributed by atoms with van der Waals surface area (Å²) in [6.45, 7) is 5.09. The van der Waals surface area contributed by atoms with Gasteiger partial charge in [0.2, 0.25) is 0 Å². The Morgan fingerprint density at radius 2 is 2.24 bits per heavy atom. The van der Waals surface area contributed by atoms with Crippen molar-refractivity contribution in [1.82, 2.24) is 4.98 Å². The van der Waals surface area contributed by atoms with Gasteiger partial charge in [-0.25, -0.2) is 4.98 Å². The zero-order valence-corrected chi connectivity index (χ0v) is 14.5. The molecule has 0 spiro atoms. The van der Waals surface area contributed by atoms with Gasteiger partial charge in [0.25, 0.3) is 0 Å². The monoisotopic (exact) mass is 342 g/mol. The lowest BCUT2D eigenvalue weighted by Gasteiger charge is -2.39. The number of nitriles is 1. The molecule has 1 aliphatic carbocycles. The Bertz CT molecular complexity index is 756. The average Bonchev–Trinajstić information content (AvgIpc) is 3.06. The van der Waals surface area contributed by atoms with E-state index in [0.29, 0.717) is 43.0 Å². The predicted molar refractivity (Wildman–Crippen MR) is 90.7 cm³/mol. The molecule has 2 heterocycles. The van der Waals surface area contributed by atoms with E-state index in [0.717, 1.165) is 5.71 Å². The molecule has 0 bridgehead atoms. The fraction of sp³-hybridized carbons (Fsp3) is 0.556. The summed E-state index contributed by atoms with van der Waals surface area (Å²) in [7, 11) is 0. The SMILES string of the molecule is CC1(C)CC(=O)C2C(=NC(COCCN)=C(C#N)C2c2cocn2)C1. The third-order valence-corrected chi connectivity index (χ3v) is 4.64. The van der Waals surface area contributed by atoms with Gasteiger partial charge in [-0.2, -0.15) is 5.26 Å². The number of allylic oxidation sites excluding steroid dienone is 1. The van der Waals surface area contributed by atoms with Crippen molar-refractivity contribution in [1.29, 1.82) is 5.26 Å². The normalized spacial score (nSPS) is 25.4. The molecule has 0 amide bonds. The smallest absolute Gasteiger partial charge is 0.180 e. The van der Waals surface area contributed by atoms with Crippen LogP contribution >= 0.6 is 0 Å². The number of nitrogens with zero attached hydrogens (tertiary/aromatic N) is 3. The lowest BCUT2D eigenvalue weighted by atomic mass is 9.64. The van der Waals surface area contributed by atoms with Crippen LogP contribution in [0.4, 0.5) is 0 Å². The van der Waals surface area contributed by atoms with E-state index in [1.165, 1.54) is 12.7 Å². The number of hydrogen-bond donors (Lipinski definition) is 1. The predicted octanol–water partition coefficient (Wildman–Crippen LogP) is 1.97. The van der Waals surface area contributed by atoms with E-state index in [1.54, 1.807) is 0 Å². The number of ether oxygens (including phenoxy) is 1. The molecule has 2 aliphatic rings. The van der Waals surface area contributed by atoms with Gasteiger partial charge in [-0.05, 0) is 11.8 Å². The first kappa shape index (κ1) is 17.5. The van der Waals surface area contributed by atoms with Crippen LogP contribution < -0.4 is 5.73 Å². The molecule has 1 fully saturated rings. The average molecular weight is 342 g/mol. The maximum atomic E-state index is 12.9. The van der Waals surface area contributed by atoms with Gasteiger partial charge in [0, 0.05) is 18.7 Å². The summed E-state index contributed by atoms with van der Waals surface area (Å²) < 4.78 is 10.6. The van der Waals surface area contributed by atoms with Gasteiger partial charge in [-0.15, -0.1) is 0 Å². The molecule has 1 aromatic rings. The molecule has 2 N–H and O–H groups in total. The molecule has 7 nitrogen and oxygen atoms in total. The first-order valence-corrected chi connectivity index (χ1v) is 8.36. The molecule has 25 heavy (non-hydrogen) atoms. The van der Waals surface area contributed by atoms with Gasteiger partial charge in [-0.3, -0.25) is 9.79 Å². The van der Waals surface area contributed by atoms with Crippen LogP contribution in [-0.4, -0.2) is 36.2 Å². The molecule has 132 valence electrons. The van der Waals surface area contributed by atoms with Crippen LogP contribution in [0.25, 0.3) is 0 Å². The molecular weight excluding hydrogens is 320 g/mol. The Labute approximate surface area is 146 Å². The van der Waals surface area contributed by atoms with Crippen molar-refractivity contribution in [2.45, 2.75) is 32.6 Å². The minimum atomic E-state index is -0.462. The topological polar surface area (TPSA) is 114 Å². The van der Waals surface area contributed by atoms with Crippen LogP contribution in [0.5, 0.6) is 0 Å². The number of carbonyl (C=O) groups excluding carboxylic acids is 1. The maximum Gasteiger partial charge on any atom is 0.180 e. The van der Waals surface area contributed by atoms with E-state index < -0.39 is 11.8 Å². The third-order valence-electron chi connectivity index (χ3n) is 4.64. The molecule has 2 atom stereocenters. The van der Waals surface area contributed by atoms with Gasteiger partial charge in [0.05, 0.1) is 48.1 Å². The van der Waals surface area contributed by atoms with Crippen LogP contribution in [0.3, 0.4) is 0 Å². The number of carbonyl (C=O) groups is 1. The van der Waals surface area contributed by atoms with Crippen molar-refractivity contribution >= 4 is 11.5 Å². The zero-order valence-electron chi connectivity index (χ0n) is 14.5. The molecule has 1 saturated carbocycles. The standard InChI is InChI=1S/C18H22N4O3/c1-18(2)5-12-17(15(23)6-18)16(14-9-25-10-21-14)11(7-20)13(22-12)8-24-4-3-19/h9-10,16-17H,3-6,8,19H2,1-2H3. The number of hydrogen-bond acceptors (Lipinski definition) is 7. The number of aliphatic imine (C=N–C) groups is 1. The second-order valence-electron chi connectivity index (χ2n) is 7.27. The van der Waals surface area contributed by atoms with Crippen molar-refractivity contribution < 1.29 is 13.9 Å². The first-order valence-electron chi connectivity index (χ1n) is 8.36. The van der Waals surface area contributed by atoms with Gasteiger partial charge in [0.1, 0.15) is 12.0 Å². The highest BCUT2D eigenvalue weighted by molar-refractivity contribution is 6.10. The van der Waals surface area contributed by atoms with Crippen LogP contribution in [0, 0.1) is 22.7 Å². The molecule has 0 aromatic carbocycles. The summed E-state index contributed by atoms with van der Waals surface area (Å²) in [5, 5.41) is 9.74. The van der Waals surface area contributed by atoms with Crippen LogP contribution in [0.1, 0.15) is 38.3 Å². The van der Waals surface area contributed by atoms with Crippen molar-refractivity contribution in [3.63, 3.8) is 0 Å². The fourth-order valence-electron chi connectivity index (χ4n) is 3.69. The Morgan fingerprint density at radius 3 is 2.88 bits per heavy atom. The van der Waals surface area contributed by atoms with Gasteiger partial charge in [-0.1, -0.05) is 13.8 Å². The van der Waals surface area contributed by atoms with E-state index in [4.69, 9.17) is 14.9 Å². The Morgan fingerprint density at radius 1 is 1.44 bits per heavy atom. The first-order chi connectivity index (χ1) is 12.0. The zero-order chi connectivity index (χ0) is 18.0. The quantitative estimate of drug-likeness (QED) is 0.818. The minimum absolute atomic E-state index is 0.0951. The van der Waals surface area contributed by atoms with E-state index in [2.05, 4.69) is 29.9 Å². The number of fused-ring (bicyclic) bond motifs is 1. The van der Waals surface area contributed by atoms with Crippen LogP contribution in [0.15, 0.2) is 33.3 Å². The number of nitrogens with two attached hydrogens (primary N) is 1. The van der Waals surface area contributed by atoms with Gasteiger partial charge in [0.15, 0.2) is 6.39 Å². The molecule has 0 radical (unpaired) electrons. The molecule has 0 saturated heterocycles. The summed E-state index contributed by atoms with van der Waals surface area (Å²) in [4.78, 5) is 21.7. The second-order valence-corrected chi connectivity index (χ2v) is 7.27. The highest BCUT2D eigenvalue weighted by atomic mass is 16.5. The molecular formula is C18H22N4O3. The number of oxazole rings is 1. The van der Waals surface area contributed by atoms with E-state index in [-0.39, 0.29) is 17.8 Å². The van der Waals surface area contributed by atoms with E-state index >= 15 is 0 Å². The van der Waals surface area contributed by atoms with Crippen LogP contribution in [0.2, 0.25) is 0 Å². The van der Waals surface area contributed by atoms with Crippen molar-refractivity contribution in [3.05, 3.63) is 29.6 Å². The highest BCUT2D eigenvalue weighted by Gasteiger charge is 2.47. The second kappa shape index (κ2) is 6.90.